The van der Waals surface area contributed by atoms with Gasteiger partial charge >= 0.3 is 0 Å². The molecule has 0 aliphatic carbocycles. The standard InChI is InChI=1S/C18H14Cl3N3O2S/c19-13-6-4-12(5-7-13)17-23-24-18(26-17)27-10-15(25)22-9-8-11-2-1-3-14(20)16(11)21/h1-7H,8-10H2,(H,22,25). The third-order valence-electron chi connectivity index (χ3n) is 3.57. The zero-order valence-electron chi connectivity index (χ0n) is 13.9. The molecule has 0 aliphatic rings. The van der Waals surface area contributed by atoms with Gasteiger partial charge in [-0.3, -0.25) is 4.79 Å². The third kappa shape index (κ3) is 5.62. The van der Waals surface area contributed by atoms with Gasteiger partial charge in [-0.1, -0.05) is 58.7 Å². The minimum atomic E-state index is -0.135. The van der Waals surface area contributed by atoms with E-state index in [4.69, 9.17) is 39.2 Å². The highest BCUT2D eigenvalue weighted by atomic mass is 35.5. The first-order valence-corrected chi connectivity index (χ1v) is 10.1. The number of halogens is 3. The van der Waals surface area contributed by atoms with Crippen LogP contribution >= 0.6 is 46.6 Å². The minimum Gasteiger partial charge on any atom is -0.411 e. The largest absolute Gasteiger partial charge is 0.411 e. The molecule has 0 saturated carbocycles. The van der Waals surface area contributed by atoms with E-state index in [9.17, 15) is 4.79 Å². The topological polar surface area (TPSA) is 68.0 Å². The van der Waals surface area contributed by atoms with Crippen LogP contribution in [0.15, 0.2) is 52.1 Å². The maximum Gasteiger partial charge on any atom is 0.277 e. The first-order chi connectivity index (χ1) is 13.0. The fraction of sp³-hybridized carbons (Fsp3) is 0.167. The van der Waals surface area contributed by atoms with Crippen LogP contribution in [0.5, 0.6) is 0 Å². The second-order valence-electron chi connectivity index (χ2n) is 5.48. The molecule has 0 fully saturated rings. The van der Waals surface area contributed by atoms with Crippen molar-refractivity contribution in [2.24, 2.45) is 0 Å². The van der Waals surface area contributed by atoms with Crippen molar-refractivity contribution in [2.75, 3.05) is 12.3 Å². The van der Waals surface area contributed by atoms with E-state index in [0.717, 1.165) is 11.1 Å². The molecule has 1 aromatic heterocycles. The molecule has 0 aliphatic heterocycles. The smallest absolute Gasteiger partial charge is 0.277 e. The number of amides is 1. The van der Waals surface area contributed by atoms with E-state index >= 15 is 0 Å². The summed E-state index contributed by atoms with van der Waals surface area (Å²) in [4.78, 5) is 12.0. The molecule has 1 N–H and O–H groups in total. The Morgan fingerprint density at radius 3 is 2.63 bits per heavy atom. The van der Waals surface area contributed by atoms with Crippen LogP contribution in [0.4, 0.5) is 0 Å². The molecule has 5 nitrogen and oxygen atoms in total. The van der Waals surface area contributed by atoms with Crippen molar-refractivity contribution < 1.29 is 9.21 Å². The first kappa shape index (κ1) is 20.0. The van der Waals surface area contributed by atoms with Crippen LogP contribution in [0.25, 0.3) is 11.5 Å². The molecule has 0 unspecified atom stereocenters. The van der Waals surface area contributed by atoms with Crippen LogP contribution in [0.2, 0.25) is 15.1 Å². The number of carbonyl (C=O) groups excluding carboxylic acids is 1. The monoisotopic (exact) mass is 441 g/mol. The van der Waals surface area contributed by atoms with Gasteiger partial charge in [0, 0.05) is 17.1 Å². The summed E-state index contributed by atoms with van der Waals surface area (Å²) in [7, 11) is 0. The summed E-state index contributed by atoms with van der Waals surface area (Å²) in [6.45, 7) is 0.458. The Balaban J connectivity index is 1.45. The van der Waals surface area contributed by atoms with Crippen molar-refractivity contribution >= 4 is 52.5 Å². The summed E-state index contributed by atoms with van der Waals surface area (Å²) in [5, 5.41) is 12.7. The van der Waals surface area contributed by atoms with Gasteiger partial charge in [-0.05, 0) is 42.3 Å². The second-order valence-corrected chi connectivity index (χ2v) is 7.63. The third-order valence-corrected chi connectivity index (χ3v) is 5.50. The van der Waals surface area contributed by atoms with Gasteiger partial charge in [0.1, 0.15) is 0 Å². The highest BCUT2D eigenvalue weighted by Crippen LogP contribution is 2.26. The SMILES string of the molecule is O=C(CSc1nnc(-c2ccc(Cl)cc2)o1)NCCc1cccc(Cl)c1Cl. The number of rotatable bonds is 7. The van der Waals surface area contributed by atoms with Gasteiger partial charge in [-0.15, -0.1) is 10.2 Å². The molecule has 0 radical (unpaired) electrons. The Kier molecular flexibility index (Phi) is 7.01. The lowest BCUT2D eigenvalue weighted by Crippen LogP contribution is -2.27. The number of hydrogen-bond acceptors (Lipinski definition) is 5. The van der Waals surface area contributed by atoms with E-state index in [-0.39, 0.29) is 11.7 Å². The fourth-order valence-electron chi connectivity index (χ4n) is 2.23. The zero-order valence-corrected chi connectivity index (χ0v) is 17.0. The van der Waals surface area contributed by atoms with E-state index in [0.29, 0.717) is 39.1 Å². The van der Waals surface area contributed by atoms with Gasteiger partial charge in [0.15, 0.2) is 0 Å². The Hall–Kier alpha value is -1.73. The van der Waals surface area contributed by atoms with Crippen molar-refractivity contribution in [3.63, 3.8) is 0 Å². The van der Waals surface area contributed by atoms with Gasteiger partial charge in [0.05, 0.1) is 15.8 Å². The molecule has 1 heterocycles. The summed E-state index contributed by atoms with van der Waals surface area (Å²) in [5.74, 6) is 0.417. The summed E-state index contributed by atoms with van der Waals surface area (Å²) in [5.41, 5.74) is 1.66. The van der Waals surface area contributed by atoms with Crippen LogP contribution < -0.4 is 5.32 Å². The van der Waals surface area contributed by atoms with Gasteiger partial charge in [-0.25, -0.2) is 0 Å². The Morgan fingerprint density at radius 2 is 1.85 bits per heavy atom. The highest BCUT2D eigenvalue weighted by Gasteiger charge is 2.11. The number of aromatic nitrogens is 2. The average molecular weight is 443 g/mol. The average Bonchev–Trinajstić information content (AvgIpc) is 3.13. The maximum atomic E-state index is 12.0. The molecule has 2 aromatic carbocycles. The predicted octanol–water partition coefficient (Wildman–Crippen LogP) is 5.15. The number of hydrogen-bond donors (Lipinski definition) is 1. The van der Waals surface area contributed by atoms with Crippen molar-refractivity contribution in [3.8, 4) is 11.5 Å². The highest BCUT2D eigenvalue weighted by molar-refractivity contribution is 7.99. The molecule has 0 bridgehead atoms. The number of carbonyl (C=O) groups is 1. The maximum absolute atomic E-state index is 12.0. The number of thioether (sulfide) groups is 1. The molecule has 0 spiro atoms. The molecular formula is C18H14Cl3N3O2S. The summed E-state index contributed by atoms with van der Waals surface area (Å²) >= 11 is 19.1. The van der Waals surface area contributed by atoms with Crippen LogP contribution in [0.3, 0.4) is 0 Å². The van der Waals surface area contributed by atoms with Crippen LogP contribution in [-0.4, -0.2) is 28.4 Å². The van der Waals surface area contributed by atoms with E-state index in [1.54, 1.807) is 30.3 Å². The van der Waals surface area contributed by atoms with Crippen molar-refractivity contribution in [1.82, 2.24) is 15.5 Å². The molecule has 140 valence electrons. The number of nitrogens with zero attached hydrogens (tertiary/aromatic N) is 2. The fourth-order valence-corrected chi connectivity index (χ4v) is 3.37. The van der Waals surface area contributed by atoms with Crippen LogP contribution in [0, 0.1) is 0 Å². The Morgan fingerprint density at radius 1 is 1.07 bits per heavy atom. The molecule has 9 heteroatoms. The molecular weight excluding hydrogens is 429 g/mol. The summed E-state index contributed by atoms with van der Waals surface area (Å²) < 4.78 is 5.55. The van der Waals surface area contributed by atoms with Gasteiger partial charge in [0.25, 0.3) is 5.22 Å². The van der Waals surface area contributed by atoms with E-state index < -0.39 is 0 Å². The van der Waals surface area contributed by atoms with Crippen LogP contribution in [-0.2, 0) is 11.2 Å². The van der Waals surface area contributed by atoms with Crippen LogP contribution in [0.1, 0.15) is 5.56 Å². The Bertz CT molecular complexity index is 932. The zero-order chi connectivity index (χ0) is 19.2. The molecule has 0 saturated heterocycles. The molecule has 3 rings (SSSR count). The van der Waals surface area contributed by atoms with E-state index in [2.05, 4.69) is 15.5 Å². The lowest BCUT2D eigenvalue weighted by molar-refractivity contribution is -0.118. The van der Waals surface area contributed by atoms with Gasteiger partial charge in [0.2, 0.25) is 11.8 Å². The molecule has 27 heavy (non-hydrogen) atoms. The molecule has 1 amide bonds. The lowest BCUT2D eigenvalue weighted by Gasteiger charge is -2.07. The summed E-state index contributed by atoms with van der Waals surface area (Å²) in [6, 6.07) is 12.5. The van der Waals surface area contributed by atoms with Crippen molar-refractivity contribution in [2.45, 2.75) is 11.6 Å². The van der Waals surface area contributed by atoms with E-state index in [1.807, 2.05) is 12.1 Å². The van der Waals surface area contributed by atoms with Crippen molar-refractivity contribution in [1.29, 1.82) is 0 Å². The quantitative estimate of drug-likeness (QED) is 0.513. The second kappa shape index (κ2) is 9.46. The van der Waals surface area contributed by atoms with Crippen molar-refractivity contribution in [3.05, 3.63) is 63.1 Å². The Labute approximate surface area is 175 Å². The van der Waals surface area contributed by atoms with E-state index in [1.165, 1.54) is 11.8 Å². The lowest BCUT2D eigenvalue weighted by atomic mass is 10.1. The first-order valence-electron chi connectivity index (χ1n) is 7.95. The summed E-state index contributed by atoms with van der Waals surface area (Å²) in [6.07, 6.45) is 0.594. The minimum absolute atomic E-state index is 0.135. The van der Waals surface area contributed by atoms with Gasteiger partial charge in [-0.2, -0.15) is 0 Å². The van der Waals surface area contributed by atoms with Gasteiger partial charge < -0.3 is 9.73 Å². The number of benzene rings is 2. The molecule has 3 aromatic rings. The molecule has 0 atom stereocenters. The normalized spacial score (nSPS) is 10.8. The predicted molar refractivity (Wildman–Crippen MR) is 109 cm³/mol. The number of nitrogens with one attached hydrogen (secondary N) is 1.